The number of hydrogen-bond acceptors (Lipinski definition) is 5. The van der Waals surface area contributed by atoms with Crippen molar-refractivity contribution in [2.24, 2.45) is 5.73 Å². The molecule has 1 rings (SSSR count). The lowest BCUT2D eigenvalue weighted by molar-refractivity contribution is 0.0646. The molecule has 6 nitrogen and oxygen atoms in total. The van der Waals surface area contributed by atoms with Crippen molar-refractivity contribution in [2.45, 2.75) is 32.4 Å². The fourth-order valence-electron chi connectivity index (χ4n) is 1.50. The Hall–Kier alpha value is -1.40. The third kappa shape index (κ3) is 4.46. The summed E-state index contributed by atoms with van der Waals surface area (Å²) < 4.78 is 1.36. The van der Waals surface area contributed by atoms with Gasteiger partial charge in [-0.1, -0.05) is 0 Å². The number of rotatable bonds is 6. The number of aryl methyl sites for hydroxylation is 1. The van der Waals surface area contributed by atoms with Crippen LogP contribution in [0.25, 0.3) is 0 Å². The highest BCUT2D eigenvalue weighted by molar-refractivity contribution is 5.41. The lowest BCUT2D eigenvalue weighted by Gasteiger charge is -2.19. The van der Waals surface area contributed by atoms with Gasteiger partial charge in [-0.15, -0.1) is 0 Å². The molecule has 1 aromatic heterocycles. The molecule has 3 N–H and O–H groups in total. The van der Waals surface area contributed by atoms with Gasteiger partial charge in [0.05, 0.1) is 17.5 Å². The first-order valence-electron chi connectivity index (χ1n) is 6.04. The van der Waals surface area contributed by atoms with E-state index in [0.717, 1.165) is 5.69 Å². The van der Waals surface area contributed by atoms with Crippen molar-refractivity contribution in [1.29, 1.82) is 0 Å². The fourth-order valence-corrected chi connectivity index (χ4v) is 1.50. The lowest BCUT2D eigenvalue weighted by atomic mass is 10.1. The summed E-state index contributed by atoms with van der Waals surface area (Å²) >= 11 is 0. The predicted molar refractivity (Wildman–Crippen MR) is 71.7 cm³/mol. The summed E-state index contributed by atoms with van der Waals surface area (Å²) in [5.74, 6) is 0. The molecule has 0 radical (unpaired) electrons. The van der Waals surface area contributed by atoms with Gasteiger partial charge in [-0.3, -0.25) is 4.79 Å². The Balaban J connectivity index is 2.77. The first kappa shape index (κ1) is 14.7. The molecule has 0 aliphatic heterocycles. The molecule has 102 valence electrons. The number of aromatic nitrogens is 2. The first-order valence-corrected chi connectivity index (χ1v) is 6.04. The number of anilines is 1. The van der Waals surface area contributed by atoms with Crippen LogP contribution >= 0.6 is 0 Å². The summed E-state index contributed by atoms with van der Waals surface area (Å²) in [6, 6.07) is 1.53. The van der Waals surface area contributed by atoms with Gasteiger partial charge in [0.15, 0.2) is 0 Å². The fraction of sp³-hybridized carbons (Fsp3) is 0.667. The normalized spacial score (nSPS) is 11.6. The van der Waals surface area contributed by atoms with E-state index in [2.05, 4.69) is 5.10 Å². The van der Waals surface area contributed by atoms with Crippen LogP contribution in [0.4, 0.5) is 5.69 Å². The molecule has 0 unspecified atom stereocenters. The van der Waals surface area contributed by atoms with Crippen molar-refractivity contribution in [1.82, 2.24) is 9.78 Å². The SMILES string of the molecule is CN(CCN)c1cnn(CCC(C)(C)O)c(=O)c1. The van der Waals surface area contributed by atoms with Gasteiger partial charge in [0.1, 0.15) is 0 Å². The summed E-state index contributed by atoms with van der Waals surface area (Å²) in [7, 11) is 1.87. The molecule has 0 spiro atoms. The molecule has 0 amide bonds. The third-order valence-corrected chi connectivity index (χ3v) is 2.70. The maximum absolute atomic E-state index is 11.8. The van der Waals surface area contributed by atoms with Gasteiger partial charge >= 0.3 is 0 Å². The number of hydrogen-bond donors (Lipinski definition) is 2. The van der Waals surface area contributed by atoms with Crippen LogP contribution < -0.4 is 16.2 Å². The number of nitrogens with two attached hydrogens (primary N) is 1. The number of aliphatic hydroxyl groups is 1. The monoisotopic (exact) mass is 254 g/mol. The van der Waals surface area contributed by atoms with E-state index < -0.39 is 5.60 Å². The van der Waals surface area contributed by atoms with Crippen LogP contribution in [0.3, 0.4) is 0 Å². The van der Waals surface area contributed by atoms with Gasteiger partial charge in [-0.05, 0) is 20.3 Å². The Morgan fingerprint density at radius 2 is 2.22 bits per heavy atom. The van der Waals surface area contributed by atoms with Gasteiger partial charge in [-0.25, -0.2) is 4.68 Å². The molecule has 0 aliphatic carbocycles. The van der Waals surface area contributed by atoms with E-state index in [1.54, 1.807) is 20.0 Å². The Kier molecular flexibility index (Phi) is 4.86. The Labute approximate surface area is 107 Å². The Morgan fingerprint density at radius 3 is 2.72 bits per heavy atom. The second-order valence-electron chi connectivity index (χ2n) is 5.05. The molecule has 0 aromatic carbocycles. The molecular weight excluding hydrogens is 232 g/mol. The van der Waals surface area contributed by atoms with E-state index in [1.165, 1.54) is 10.7 Å². The van der Waals surface area contributed by atoms with Crippen molar-refractivity contribution in [2.75, 3.05) is 25.0 Å². The second-order valence-corrected chi connectivity index (χ2v) is 5.05. The standard InChI is InChI=1S/C12H22N4O2/c1-12(2,18)4-6-16-11(17)8-10(9-14-16)15(3)7-5-13/h8-9,18H,4-7,13H2,1-3H3. The topological polar surface area (TPSA) is 84.4 Å². The lowest BCUT2D eigenvalue weighted by Crippen LogP contribution is -2.30. The van der Waals surface area contributed by atoms with E-state index >= 15 is 0 Å². The second kappa shape index (κ2) is 5.97. The van der Waals surface area contributed by atoms with Crippen LogP contribution in [0.15, 0.2) is 17.1 Å². The molecule has 6 heteroatoms. The van der Waals surface area contributed by atoms with Crippen molar-refractivity contribution < 1.29 is 5.11 Å². The van der Waals surface area contributed by atoms with Crippen LogP contribution in [0.1, 0.15) is 20.3 Å². The summed E-state index contributed by atoms with van der Waals surface area (Å²) in [5, 5.41) is 13.7. The molecule has 0 atom stereocenters. The van der Waals surface area contributed by atoms with Crippen LogP contribution in [0.5, 0.6) is 0 Å². The smallest absolute Gasteiger partial charge is 0.268 e. The van der Waals surface area contributed by atoms with E-state index in [0.29, 0.717) is 26.1 Å². The molecule has 0 fully saturated rings. The predicted octanol–water partition coefficient (Wildman–Crippen LogP) is -0.201. The van der Waals surface area contributed by atoms with E-state index in [-0.39, 0.29) is 5.56 Å². The van der Waals surface area contributed by atoms with Crippen LogP contribution in [0.2, 0.25) is 0 Å². The van der Waals surface area contributed by atoms with Crippen molar-refractivity contribution >= 4 is 5.69 Å². The van der Waals surface area contributed by atoms with Crippen LogP contribution in [-0.4, -0.2) is 40.6 Å². The highest BCUT2D eigenvalue weighted by Crippen LogP contribution is 2.09. The zero-order valence-corrected chi connectivity index (χ0v) is 11.3. The van der Waals surface area contributed by atoms with Crippen molar-refractivity contribution in [3.8, 4) is 0 Å². The van der Waals surface area contributed by atoms with Gasteiger partial charge < -0.3 is 15.7 Å². The molecule has 0 saturated heterocycles. The summed E-state index contributed by atoms with van der Waals surface area (Å²) in [4.78, 5) is 13.7. The minimum atomic E-state index is -0.796. The Morgan fingerprint density at radius 1 is 1.56 bits per heavy atom. The minimum Gasteiger partial charge on any atom is -0.390 e. The zero-order valence-electron chi connectivity index (χ0n) is 11.3. The molecule has 1 aromatic rings. The maximum atomic E-state index is 11.8. The molecule has 18 heavy (non-hydrogen) atoms. The van der Waals surface area contributed by atoms with E-state index in [1.807, 2.05) is 11.9 Å². The molecular formula is C12H22N4O2. The van der Waals surface area contributed by atoms with E-state index in [4.69, 9.17) is 5.73 Å². The quantitative estimate of drug-likeness (QED) is 0.734. The number of nitrogens with zero attached hydrogens (tertiary/aromatic N) is 3. The molecule has 0 saturated carbocycles. The van der Waals surface area contributed by atoms with Crippen LogP contribution in [0, 0.1) is 0 Å². The zero-order chi connectivity index (χ0) is 13.8. The average Bonchev–Trinajstić information content (AvgIpc) is 2.26. The van der Waals surface area contributed by atoms with Crippen molar-refractivity contribution in [3.05, 3.63) is 22.6 Å². The number of likely N-dealkylation sites (N-methyl/N-ethyl adjacent to an activating group) is 1. The minimum absolute atomic E-state index is 0.166. The largest absolute Gasteiger partial charge is 0.390 e. The highest BCUT2D eigenvalue weighted by atomic mass is 16.3. The summed E-state index contributed by atoms with van der Waals surface area (Å²) in [5.41, 5.74) is 5.25. The third-order valence-electron chi connectivity index (χ3n) is 2.70. The maximum Gasteiger partial charge on any atom is 0.268 e. The van der Waals surface area contributed by atoms with Gasteiger partial charge in [0, 0.05) is 32.7 Å². The van der Waals surface area contributed by atoms with Crippen LogP contribution in [-0.2, 0) is 6.54 Å². The first-order chi connectivity index (χ1) is 8.33. The average molecular weight is 254 g/mol. The highest BCUT2D eigenvalue weighted by Gasteiger charge is 2.13. The summed E-state index contributed by atoms with van der Waals surface area (Å²) in [6.07, 6.45) is 2.12. The summed E-state index contributed by atoms with van der Waals surface area (Å²) in [6.45, 7) is 5.03. The van der Waals surface area contributed by atoms with Gasteiger partial charge in [-0.2, -0.15) is 5.10 Å². The van der Waals surface area contributed by atoms with E-state index in [9.17, 15) is 9.90 Å². The van der Waals surface area contributed by atoms with Gasteiger partial charge in [0.25, 0.3) is 5.56 Å². The Bertz CT molecular complexity index is 436. The van der Waals surface area contributed by atoms with Crippen molar-refractivity contribution in [3.63, 3.8) is 0 Å². The molecule has 1 heterocycles. The molecule has 0 aliphatic rings. The molecule has 0 bridgehead atoms. The van der Waals surface area contributed by atoms with Gasteiger partial charge in [0.2, 0.25) is 0 Å².